The van der Waals surface area contributed by atoms with E-state index in [0.717, 1.165) is 11.3 Å². The quantitative estimate of drug-likeness (QED) is 0.213. The number of nitrogens with one attached hydrogen (secondary N) is 1. The van der Waals surface area contributed by atoms with E-state index < -0.39 is 4.92 Å². The second-order valence-corrected chi connectivity index (χ2v) is 8.36. The van der Waals surface area contributed by atoms with Gasteiger partial charge in [-0.1, -0.05) is 65.8 Å². The lowest BCUT2D eigenvalue weighted by Crippen LogP contribution is -2.15. The summed E-state index contributed by atoms with van der Waals surface area (Å²) in [4.78, 5) is 23.2. The van der Waals surface area contributed by atoms with E-state index in [9.17, 15) is 14.9 Å². The van der Waals surface area contributed by atoms with Crippen molar-refractivity contribution in [3.63, 3.8) is 0 Å². The van der Waals surface area contributed by atoms with Crippen molar-refractivity contribution >= 4 is 40.6 Å². The maximum Gasteiger partial charge on any atom is 0.292 e. The molecule has 4 rings (SSSR count). The summed E-state index contributed by atoms with van der Waals surface area (Å²) in [5.41, 5.74) is 1.88. The minimum Gasteiger partial charge on any atom is -0.320 e. The van der Waals surface area contributed by atoms with Crippen LogP contribution in [0.5, 0.6) is 0 Å². The summed E-state index contributed by atoms with van der Waals surface area (Å²) in [5, 5.41) is 23.6. The highest BCUT2D eigenvalue weighted by molar-refractivity contribution is 7.99. The number of para-hydroxylation sites is 2. The number of rotatable bonds is 8. The topological polar surface area (TPSA) is 103 Å². The molecule has 1 heterocycles. The minimum atomic E-state index is -0.532. The van der Waals surface area contributed by atoms with Crippen molar-refractivity contribution in [1.82, 2.24) is 14.8 Å². The fourth-order valence-electron chi connectivity index (χ4n) is 3.19. The summed E-state index contributed by atoms with van der Waals surface area (Å²) >= 11 is 7.24. The number of nitrogens with zero attached hydrogens (tertiary/aromatic N) is 4. The molecule has 1 amide bonds. The Hall–Kier alpha value is -3.69. The molecular weight excluding hydrogens is 462 g/mol. The van der Waals surface area contributed by atoms with Gasteiger partial charge in [0.05, 0.1) is 10.7 Å². The van der Waals surface area contributed by atoms with E-state index in [4.69, 9.17) is 11.6 Å². The number of amides is 1. The van der Waals surface area contributed by atoms with Gasteiger partial charge in [0.25, 0.3) is 5.69 Å². The summed E-state index contributed by atoms with van der Waals surface area (Å²) < 4.78 is 1.88. The number of carbonyl (C=O) groups excluding carboxylic acids is 1. The Morgan fingerprint density at radius 2 is 1.70 bits per heavy atom. The van der Waals surface area contributed by atoms with Crippen LogP contribution in [0.15, 0.2) is 84.0 Å². The second-order valence-electron chi connectivity index (χ2n) is 6.98. The van der Waals surface area contributed by atoms with Crippen molar-refractivity contribution in [3.05, 3.63) is 105 Å². The minimum absolute atomic E-state index is 0.00308. The van der Waals surface area contributed by atoms with Gasteiger partial charge in [-0.2, -0.15) is 0 Å². The van der Waals surface area contributed by atoms with E-state index in [0.29, 0.717) is 22.4 Å². The number of halogens is 1. The zero-order chi connectivity index (χ0) is 23.2. The molecule has 1 aromatic heterocycles. The average molecular weight is 480 g/mol. The van der Waals surface area contributed by atoms with Gasteiger partial charge in [-0.3, -0.25) is 19.5 Å². The molecular formula is C23H18ClN5O3S. The first-order valence-electron chi connectivity index (χ1n) is 9.91. The van der Waals surface area contributed by atoms with Crippen molar-refractivity contribution in [2.24, 2.45) is 0 Å². The number of carbonyl (C=O) groups is 1. The van der Waals surface area contributed by atoms with Crippen LogP contribution < -0.4 is 5.32 Å². The molecule has 0 bridgehead atoms. The fourth-order valence-corrected chi connectivity index (χ4v) is 4.09. The second kappa shape index (κ2) is 10.3. The molecule has 8 nitrogen and oxygen atoms in total. The lowest BCUT2D eigenvalue weighted by molar-refractivity contribution is -0.383. The summed E-state index contributed by atoms with van der Waals surface area (Å²) in [6.07, 6.45) is 0.555. The zero-order valence-electron chi connectivity index (χ0n) is 17.2. The van der Waals surface area contributed by atoms with Crippen molar-refractivity contribution in [1.29, 1.82) is 0 Å². The molecule has 0 atom stereocenters. The third-order valence-corrected chi connectivity index (χ3v) is 5.88. The molecule has 0 aliphatic carbocycles. The van der Waals surface area contributed by atoms with Crippen molar-refractivity contribution in [3.8, 4) is 5.69 Å². The number of anilines is 1. The van der Waals surface area contributed by atoms with Crippen LogP contribution in [0, 0.1) is 10.1 Å². The maximum atomic E-state index is 12.5. The van der Waals surface area contributed by atoms with E-state index in [1.54, 1.807) is 24.3 Å². The Morgan fingerprint density at radius 1 is 1.00 bits per heavy atom. The van der Waals surface area contributed by atoms with Gasteiger partial charge < -0.3 is 5.32 Å². The maximum absolute atomic E-state index is 12.5. The lowest BCUT2D eigenvalue weighted by Gasteiger charge is -2.11. The van der Waals surface area contributed by atoms with Gasteiger partial charge in [0, 0.05) is 23.2 Å². The molecule has 33 heavy (non-hydrogen) atoms. The molecule has 4 aromatic rings. The van der Waals surface area contributed by atoms with E-state index in [1.807, 2.05) is 47.0 Å². The molecule has 0 aliphatic rings. The van der Waals surface area contributed by atoms with Crippen molar-refractivity contribution in [2.75, 3.05) is 11.1 Å². The average Bonchev–Trinajstić information content (AvgIpc) is 3.21. The van der Waals surface area contributed by atoms with Gasteiger partial charge in [-0.05, 0) is 35.9 Å². The molecule has 0 spiro atoms. The molecule has 0 saturated carbocycles. The van der Waals surface area contributed by atoms with Gasteiger partial charge in [-0.15, -0.1) is 10.2 Å². The summed E-state index contributed by atoms with van der Waals surface area (Å²) in [7, 11) is 0. The largest absolute Gasteiger partial charge is 0.320 e. The summed E-state index contributed by atoms with van der Waals surface area (Å²) in [6.45, 7) is 0. The van der Waals surface area contributed by atoms with Crippen LogP contribution in [0.25, 0.3) is 5.69 Å². The number of nitro benzene ring substituents is 1. The Bertz CT molecular complexity index is 1280. The molecule has 0 fully saturated rings. The van der Waals surface area contributed by atoms with Gasteiger partial charge in [-0.25, -0.2) is 0 Å². The fraction of sp³-hybridized carbons (Fsp3) is 0.0870. The van der Waals surface area contributed by atoms with E-state index in [1.165, 1.54) is 23.9 Å². The van der Waals surface area contributed by atoms with Gasteiger partial charge in [0.15, 0.2) is 5.16 Å². The molecule has 0 saturated heterocycles. The molecule has 1 N–H and O–H groups in total. The van der Waals surface area contributed by atoms with Crippen LogP contribution >= 0.6 is 23.4 Å². The standard InChI is InChI=1S/C23H18ClN5O3S/c24-17-10-12-18(13-11-17)28-21(14-16-6-2-1-3-7-16)26-27-23(28)33-15-22(30)25-19-8-4-5-9-20(19)29(31)32/h1-13H,14-15H2,(H,25,30). The Balaban J connectivity index is 1.55. The van der Waals surface area contributed by atoms with Crippen molar-refractivity contribution < 1.29 is 9.72 Å². The Labute approximate surface area is 198 Å². The monoisotopic (exact) mass is 479 g/mol. The number of aromatic nitrogens is 3. The Kier molecular flexibility index (Phi) is 7.01. The van der Waals surface area contributed by atoms with Crippen molar-refractivity contribution in [2.45, 2.75) is 11.6 Å². The Morgan fingerprint density at radius 3 is 2.42 bits per heavy atom. The third-order valence-electron chi connectivity index (χ3n) is 4.70. The lowest BCUT2D eigenvalue weighted by atomic mass is 10.1. The highest BCUT2D eigenvalue weighted by Crippen LogP contribution is 2.26. The number of benzene rings is 3. The first-order valence-corrected chi connectivity index (χ1v) is 11.3. The number of thioether (sulfide) groups is 1. The molecule has 0 aliphatic heterocycles. The van der Waals surface area contributed by atoms with Crippen LogP contribution in [0.4, 0.5) is 11.4 Å². The van der Waals surface area contributed by atoms with E-state index >= 15 is 0 Å². The van der Waals surface area contributed by atoms with Crippen LogP contribution in [0.1, 0.15) is 11.4 Å². The molecule has 166 valence electrons. The van der Waals surface area contributed by atoms with Crippen LogP contribution in [-0.2, 0) is 11.2 Å². The smallest absolute Gasteiger partial charge is 0.292 e. The predicted molar refractivity (Wildman–Crippen MR) is 128 cm³/mol. The number of hydrogen-bond acceptors (Lipinski definition) is 6. The van der Waals surface area contributed by atoms with Gasteiger partial charge in [0.1, 0.15) is 11.5 Å². The molecule has 0 unspecified atom stereocenters. The predicted octanol–water partition coefficient (Wildman–Crippen LogP) is 5.15. The van der Waals surface area contributed by atoms with Gasteiger partial charge in [0.2, 0.25) is 5.91 Å². The molecule has 10 heteroatoms. The highest BCUT2D eigenvalue weighted by atomic mass is 35.5. The molecule has 3 aromatic carbocycles. The van der Waals surface area contributed by atoms with Crippen LogP contribution in [0.3, 0.4) is 0 Å². The van der Waals surface area contributed by atoms with E-state index in [2.05, 4.69) is 15.5 Å². The van der Waals surface area contributed by atoms with Crippen LogP contribution in [-0.4, -0.2) is 31.3 Å². The number of hydrogen-bond donors (Lipinski definition) is 1. The highest BCUT2D eigenvalue weighted by Gasteiger charge is 2.18. The first kappa shape index (κ1) is 22.5. The summed E-state index contributed by atoms with van der Waals surface area (Å²) in [5.74, 6) is 0.332. The van der Waals surface area contributed by atoms with Crippen LogP contribution in [0.2, 0.25) is 5.02 Å². The normalized spacial score (nSPS) is 10.7. The number of nitro groups is 1. The zero-order valence-corrected chi connectivity index (χ0v) is 18.8. The third kappa shape index (κ3) is 5.57. The first-order chi connectivity index (χ1) is 16.0. The molecule has 0 radical (unpaired) electrons. The van der Waals surface area contributed by atoms with Gasteiger partial charge >= 0.3 is 0 Å². The van der Waals surface area contributed by atoms with E-state index in [-0.39, 0.29) is 23.0 Å². The SMILES string of the molecule is O=C(CSc1nnc(Cc2ccccc2)n1-c1ccc(Cl)cc1)Nc1ccccc1[N+](=O)[O-]. The summed E-state index contributed by atoms with van der Waals surface area (Å²) in [6, 6.07) is 23.2.